The van der Waals surface area contributed by atoms with Gasteiger partial charge < -0.3 is 23.9 Å². The Morgan fingerprint density at radius 2 is 1.83 bits per heavy atom. The van der Waals surface area contributed by atoms with Gasteiger partial charge in [-0.15, -0.1) is 0 Å². The van der Waals surface area contributed by atoms with Crippen molar-refractivity contribution < 1.29 is 28.2 Å². The first-order valence-electron chi connectivity index (χ1n) is 9.23. The lowest BCUT2D eigenvalue weighted by Gasteiger charge is -2.15. The number of esters is 1. The highest BCUT2D eigenvalue weighted by Gasteiger charge is 2.19. The Balaban J connectivity index is 1.56. The van der Waals surface area contributed by atoms with Gasteiger partial charge in [-0.2, -0.15) is 0 Å². The van der Waals surface area contributed by atoms with Crippen LogP contribution < -0.4 is 20.5 Å². The first-order valence-corrected chi connectivity index (χ1v) is 9.23. The second-order valence-electron chi connectivity index (χ2n) is 6.43. The Kier molecular flexibility index (Phi) is 6.41. The fourth-order valence-corrected chi connectivity index (χ4v) is 2.90. The fourth-order valence-electron chi connectivity index (χ4n) is 2.90. The van der Waals surface area contributed by atoms with Crippen LogP contribution >= 0.6 is 0 Å². The lowest BCUT2D eigenvalue weighted by Crippen LogP contribution is -2.30. The van der Waals surface area contributed by atoms with Gasteiger partial charge in [-0.1, -0.05) is 12.1 Å². The van der Waals surface area contributed by atoms with Crippen molar-refractivity contribution in [3.05, 3.63) is 53.0 Å². The summed E-state index contributed by atoms with van der Waals surface area (Å²) in [5, 5.41) is 2.65. The van der Waals surface area contributed by atoms with Gasteiger partial charge >= 0.3 is 11.7 Å². The maximum absolute atomic E-state index is 12.3. The molecule has 0 aliphatic heterocycles. The Hall–Kier alpha value is -3.75. The van der Waals surface area contributed by atoms with Gasteiger partial charge in [0.05, 0.1) is 26.2 Å². The molecular formula is C21H22N2O7. The third kappa shape index (κ3) is 4.62. The molecule has 1 N–H and O–H groups in total. The molecule has 0 saturated heterocycles. The summed E-state index contributed by atoms with van der Waals surface area (Å²) in [7, 11) is 3.00. The molecule has 2 aromatic carbocycles. The second-order valence-corrected chi connectivity index (χ2v) is 6.43. The highest BCUT2D eigenvalue weighted by Crippen LogP contribution is 2.29. The summed E-state index contributed by atoms with van der Waals surface area (Å²) in [5.74, 6) is -0.679. The van der Waals surface area contributed by atoms with E-state index in [1.807, 2.05) is 0 Å². The number of nitrogens with zero attached hydrogens (tertiary/aromatic N) is 1. The monoisotopic (exact) mass is 414 g/mol. The standard InChI is InChI=1S/C21H22N2O7/c1-13(20(25)22-14-8-9-17(27-2)18(12-14)28-3)29-19(24)10-11-23-15-6-4-5-7-16(15)30-21(23)26/h4-9,12-13H,10-11H2,1-3H3,(H,22,25)/t13-/m1/s1. The average Bonchev–Trinajstić information content (AvgIpc) is 3.06. The van der Waals surface area contributed by atoms with Crippen LogP contribution in [0.5, 0.6) is 11.5 Å². The van der Waals surface area contributed by atoms with Crippen LogP contribution in [0, 0.1) is 0 Å². The molecule has 0 aliphatic rings. The number of ether oxygens (including phenoxy) is 3. The Morgan fingerprint density at radius 1 is 1.10 bits per heavy atom. The molecule has 30 heavy (non-hydrogen) atoms. The molecule has 0 unspecified atom stereocenters. The fraction of sp³-hybridized carbons (Fsp3) is 0.286. The first kappa shape index (κ1) is 21.0. The molecule has 3 aromatic rings. The van der Waals surface area contributed by atoms with E-state index in [1.165, 1.54) is 25.7 Å². The molecule has 1 aromatic heterocycles. The number of aromatic nitrogens is 1. The zero-order valence-corrected chi connectivity index (χ0v) is 16.8. The van der Waals surface area contributed by atoms with E-state index in [4.69, 9.17) is 18.6 Å². The van der Waals surface area contributed by atoms with Gasteiger partial charge in [0.2, 0.25) is 0 Å². The van der Waals surface area contributed by atoms with Crippen LogP contribution in [0.1, 0.15) is 13.3 Å². The summed E-state index contributed by atoms with van der Waals surface area (Å²) in [4.78, 5) is 36.4. The highest BCUT2D eigenvalue weighted by atomic mass is 16.5. The molecule has 9 nitrogen and oxygen atoms in total. The van der Waals surface area contributed by atoms with Crippen molar-refractivity contribution >= 4 is 28.7 Å². The van der Waals surface area contributed by atoms with Crippen molar-refractivity contribution in [2.24, 2.45) is 0 Å². The molecule has 3 rings (SSSR count). The van der Waals surface area contributed by atoms with Crippen LogP contribution in [0.3, 0.4) is 0 Å². The topological polar surface area (TPSA) is 109 Å². The van der Waals surface area contributed by atoms with E-state index in [2.05, 4.69) is 5.32 Å². The lowest BCUT2D eigenvalue weighted by molar-refractivity contribution is -0.153. The number of rotatable bonds is 8. The second kappa shape index (κ2) is 9.17. The van der Waals surface area contributed by atoms with Crippen LogP contribution in [0.2, 0.25) is 0 Å². The Morgan fingerprint density at radius 3 is 2.57 bits per heavy atom. The number of nitrogens with one attached hydrogen (secondary N) is 1. The molecule has 9 heteroatoms. The molecule has 1 amide bonds. The number of fused-ring (bicyclic) bond motifs is 1. The van der Waals surface area contributed by atoms with Crippen molar-refractivity contribution in [1.29, 1.82) is 0 Å². The van der Waals surface area contributed by atoms with E-state index in [-0.39, 0.29) is 13.0 Å². The molecule has 1 heterocycles. The van der Waals surface area contributed by atoms with E-state index < -0.39 is 23.7 Å². The average molecular weight is 414 g/mol. The molecule has 0 spiro atoms. The predicted molar refractivity (Wildman–Crippen MR) is 109 cm³/mol. The van der Waals surface area contributed by atoms with Gasteiger partial charge in [-0.3, -0.25) is 14.2 Å². The van der Waals surface area contributed by atoms with E-state index >= 15 is 0 Å². The number of para-hydroxylation sites is 2. The number of carbonyl (C=O) groups is 2. The predicted octanol–water partition coefficient (Wildman–Crippen LogP) is 2.57. The first-order chi connectivity index (χ1) is 14.4. The normalized spacial score (nSPS) is 11.7. The summed E-state index contributed by atoms with van der Waals surface area (Å²) in [6.07, 6.45) is -1.11. The Labute approximate surface area is 172 Å². The smallest absolute Gasteiger partial charge is 0.419 e. The molecular weight excluding hydrogens is 392 g/mol. The summed E-state index contributed by atoms with van der Waals surface area (Å²) in [6.45, 7) is 1.55. The SMILES string of the molecule is COc1ccc(NC(=O)[C@@H](C)OC(=O)CCn2c(=O)oc3ccccc32)cc1OC. The lowest BCUT2D eigenvalue weighted by atomic mass is 10.2. The number of amides is 1. The van der Waals surface area contributed by atoms with Crippen LogP contribution in [-0.2, 0) is 20.9 Å². The number of hydrogen-bond donors (Lipinski definition) is 1. The van der Waals surface area contributed by atoms with Crippen molar-refractivity contribution in [2.45, 2.75) is 26.0 Å². The molecule has 0 aliphatic carbocycles. The van der Waals surface area contributed by atoms with Crippen molar-refractivity contribution in [3.8, 4) is 11.5 Å². The van der Waals surface area contributed by atoms with E-state index in [0.717, 1.165) is 0 Å². The highest BCUT2D eigenvalue weighted by molar-refractivity contribution is 5.95. The van der Waals surface area contributed by atoms with Gasteiger partial charge in [0.25, 0.3) is 5.91 Å². The van der Waals surface area contributed by atoms with Crippen LogP contribution in [0.25, 0.3) is 11.1 Å². The quantitative estimate of drug-likeness (QED) is 0.564. The minimum Gasteiger partial charge on any atom is -0.493 e. The molecule has 0 fully saturated rings. The number of methoxy groups -OCH3 is 2. The molecule has 1 atom stereocenters. The third-order valence-electron chi connectivity index (χ3n) is 4.44. The number of aryl methyl sites for hydroxylation is 1. The zero-order valence-electron chi connectivity index (χ0n) is 16.8. The van der Waals surface area contributed by atoms with Crippen molar-refractivity contribution in [3.63, 3.8) is 0 Å². The number of oxazole rings is 1. The van der Waals surface area contributed by atoms with Gasteiger partial charge in [0, 0.05) is 18.3 Å². The Bertz CT molecular complexity index is 1120. The largest absolute Gasteiger partial charge is 0.493 e. The van der Waals surface area contributed by atoms with Gasteiger partial charge in [-0.25, -0.2) is 4.79 Å². The number of carbonyl (C=O) groups excluding carboxylic acids is 2. The molecule has 158 valence electrons. The van der Waals surface area contributed by atoms with E-state index in [1.54, 1.807) is 42.5 Å². The molecule has 0 bridgehead atoms. The summed E-state index contributed by atoms with van der Waals surface area (Å²) >= 11 is 0. The van der Waals surface area contributed by atoms with Crippen molar-refractivity contribution in [2.75, 3.05) is 19.5 Å². The third-order valence-corrected chi connectivity index (χ3v) is 4.44. The molecule has 0 saturated carbocycles. The van der Waals surface area contributed by atoms with E-state index in [9.17, 15) is 14.4 Å². The van der Waals surface area contributed by atoms with Gasteiger partial charge in [0.15, 0.2) is 23.2 Å². The minimum atomic E-state index is -1.02. The number of hydrogen-bond acceptors (Lipinski definition) is 7. The van der Waals surface area contributed by atoms with Gasteiger partial charge in [-0.05, 0) is 31.2 Å². The summed E-state index contributed by atoms with van der Waals surface area (Å²) < 4.78 is 22.0. The number of anilines is 1. The molecule has 0 radical (unpaired) electrons. The van der Waals surface area contributed by atoms with Crippen LogP contribution in [0.4, 0.5) is 5.69 Å². The summed E-state index contributed by atoms with van der Waals surface area (Å²) in [5.41, 5.74) is 1.50. The number of benzene rings is 2. The van der Waals surface area contributed by atoms with E-state index in [0.29, 0.717) is 28.3 Å². The van der Waals surface area contributed by atoms with Gasteiger partial charge in [0.1, 0.15) is 0 Å². The summed E-state index contributed by atoms with van der Waals surface area (Å²) in [6, 6.07) is 11.8. The maximum Gasteiger partial charge on any atom is 0.419 e. The van der Waals surface area contributed by atoms with Crippen LogP contribution in [-0.4, -0.2) is 36.8 Å². The minimum absolute atomic E-state index is 0.0820. The zero-order chi connectivity index (χ0) is 21.7. The van der Waals surface area contributed by atoms with Crippen LogP contribution in [0.15, 0.2) is 51.7 Å². The maximum atomic E-state index is 12.3. The van der Waals surface area contributed by atoms with Crippen molar-refractivity contribution in [1.82, 2.24) is 4.57 Å².